The molecule has 1 aromatic rings. The van der Waals surface area contributed by atoms with Gasteiger partial charge >= 0.3 is 0 Å². The fourth-order valence-corrected chi connectivity index (χ4v) is 5.11. The third-order valence-corrected chi connectivity index (χ3v) is 7.31. The Morgan fingerprint density at radius 3 is 2.21 bits per heavy atom. The van der Waals surface area contributed by atoms with Crippen LogP contribution in [0, 0.1) is 0 Å². The fraction of sp³-hybridized carbons (Fsp3) is 0.571. The number of halogens is 1. The van der Waals surface area contributed by atoms with Gasteiger partial charge in [0.05, 0.1) is 10.6 Å². The van der Waals surface area contributed by atoms with E-state index >= 15 is 0 Å². The van der Waals surface area contributed by atoms with Gasteiger partial charge in [-0.3, -0.25) is 0 Å². The maximum Gasteiger partial charge on any atom is 0.240 e. The summed E-state index contributed by atoms with van der Waals surface area (Å²) < 4.78 is 52.4. The molecule has 0 unspecified atom stereocenters. The van der Waals surface area contributed by atoms with Crippen LogP contribution in [0.1, 0.15) is 12.8 Å². The number of nitrogens with one attached hydrogen (secondary N) is 2. The Balaban J connectivity index is 0.00000288. The summed E-state index contributed by atoms with van der Waals surface area (Å²) in [4.78, 5) is 0.132. The van der Waals surface area contributed by atoms with E-state index in [9.17, 15) is 16.8 Å². The lowest BCUT2D eigenvalue weighted by Crippen LogP contribution is -2.45. The summed E-state index contributed by atoms with van der Waals surface area (Å²) in [6, 6.07) is 8.25. The van der Waals surface area contributed by atoms with E-state index in [1.807, 2.05) is 7.05 Å². The number of benzene rings is 1. The zero-order chi connectivity index (χ0) is 16.9. The molecule has 2 rings (SSSR count). The smallest absolute Gasteiger partial charge is 0.240 e. The van der Waals surface area contributed by atoms with Crippen LogP contribution in [0.25, 0.3) is 0 Å². The molecule has 1 aliphatic heterocycles. The standard InChI is InChI=1S/C14H23N3O4S2.ClH/c1-15-13-7-10-17(11-8-13)22(18,19)12-9-16-23(20,21)14-5-3-2-4-6-14;/h2-6,13,15-16H,7-12H2,1H3;1H. The SMILES string of the molecule is CNC1CCN(S(=O)(=O)CCNS(=O)(=O)c2ccccc2)CC1.Cl. The molecule has 1 saturated heterocycles. The first-order valence-corrected chi connectivity index (χ1v) is 10.6. The van der Waals surface area contributed by atoms with E-state index in [1.54, 1.807) is 18.2 Å². The molecule has 138 valence electrons. The highest BCUT2D eigenvalue weighted by Gasteiger charge is 2.27. The molecule has 10 heteroatoms. The Morgan fingerprint density at radius 1 is 1.08 bits per heavy atom. The van der Waals surface area contributed by atoms with Crippen LogP contribution in [0.3, 0.4) is 0 Å². The van der Waals surface area contributed by atoms with Gasteiger partial charge in [0.15, 0.2) is 0 Å². The molecule has 0 aliphatic carbocycles. The van der Waals surface area contributed by atoms with Gasteiger partial charge in [-0.05, 0) is 32.0 Å². The van der Waals surface area contributed by atoms with Crippen molar-refractivity contribution in [2.75, 3.05) is 32.4 Å². The molecule has 0 atom stereocenters. The zero-order valence-corrected chi connectivity index (χ0v) is 16.0. The summed E-state index contributed by atoms with van der Waals surface area (Å²) in [6.45, 7) is 0.810. The molecule has 1 fully saturated rings. The van der Waals surface area contributed by atoms with Crippen molar-refractivity contribution < 1.29 is 16.8 Å². The quantitative estimate of drug-likeness (QED) is 0.694. The van der Waals surface area contributed by atoms with Gasteiger partial charge in [0, 0.05) is 25.7 Å². The van der Waals surface area contributed by atoms with E-state index in [2.05, 4.69) is 10.0 Å². The second kappa shape index (κ2) is 9.12. The van der Waals surface area contributed by atoms with Crippen molar-refractivity contribution in [2.45, 2.75) is 23.8 Å². The van der Waals surface area contributed by atoms with E-state index in [0.717, 1.165) is 12.8 Å². The molecular weight excluding hydrogens is 374 g/mol. The monoisotopic (exact) mass is 397 g/mol. The van der Waals surface area contributed by atoms with E-state index < -0.39 is 20.0 Å². The lowest BCUT2D eigenvalue weighted by Gasteiger charge is -2.30. The van der Waals surface area contributed by atoms with Gasteiger partial charge < -0.3 is 5.32 Å². The maximum absolute atomic E-state index is 12.3. The average molecular weight is 398 g/mol. The summed E-state index contributed by atoms with van der Waals surface area (Å²) in [6.07, 6.45) is 1.54. The molecule has 0 spiro atoms. The van der Waals surface area contributed by atoms with Gasteiger partial charge in [0.2, 0.25) is 20.0 Å². The first kappa shape index (κ1) is 21.3. The second-order valence-corrected chi connectivity index (χ2v) is 9.34. The molecule has 0 saturated carbocycles. The van der Waals surface area contributed by atoms with Crippen LogP contribution in [0.2, 0.25) is 0 Å². The Hall–Kier alpha value is -0.710. The number of sulfonamides is 2. The van der Waals surface area contributed by atoms with E-state index in [0.29, 0.717) is 19.1 Å². The summed E-state index contributed by atoms with van der Waals surface area (Å²) in [5.41, 5.74) is 0. The van der Waals surface area contributed by atoms with Crippen LogP contribution in [0.15, 0.2) is 35.2 Å². The molecule has 1 heterocycles. The van der Waals surface area contributed by atoms with Gasteiger partial charge in [-0.25, -0.2) is 25.9 Å². The molecule has 1 aromatic carbocycles. The molecule has 0 amide bonds. The van der Waals surface area contributed by atoms with Crippen LogP contribution in [0.4, 0.5) is 0 Å². The highest BCUT2D eigenvalue weighted by molar-refractivity contribution is 7.90. The Bertz CT molecular complexity index is 703. The molecule has 0 aromatic heterocycles. The van der Waals surface area contributed by atoms with Gasteiger partial charge in [0.25, 0.3) is 0 Å². The van der Waals surface area contributed by atoms with Crippen LogP contribution in [-0.2, 0) is 20.0 Å². The van der Waals surface area contributed by atoms with Crippen molar-refractivity contribution in [3.63, 3.8) is 0 Å². The largest absolute Gasteiger partial charge is 0.317 e. The third kappa shape index (κ3) is 5.68. The highest BCUT2D eigenvalue weighted by Crippen LogP contribution is 2.14. The van der Waals surface area contributed by atoms with Gasteiger partial charge in [-0.2, -0.15) is 0 Å². The van der Waals surface area contributed by atoms with Crippen LogP contribution >= 0.6 is 12.4 Å². The number of rotatable bonds is 7. The summed E-state index contributed by atoms with van der Waals surface area (Å²) in [5, 5.41) is 3.14. The first-order chi connectivity index (χ1) is 10.8. The predicted molar refractivity (Wildman–Crippen MR) is 96.3 cm³/mol. The minimum absolute atomic E-state index is 0. The van der Waals surface area contributed by atoms with Crippen molar-refractivity contribution >= 4 is 32.5 Å². The van der Waals surface area contributed by atoms with Crippen molar-refractivity contribution in [3.05, 3.63) is 30.3 Å². The van der Waals surface area contributed by atoms with Crippen molar-refractivity contribution in [3.8, 4) is 0 Å². The van der Waals surface area contributed by atoms with Gasteiger partial charge in [0.1, 0.15) is 0 Å². The number of piperidine rings is 1. The number of nitrogens with zero attached hydrogens (tertiary/aromatic N) is 1. The second-order valence-electron chi connectivity index (χ2n) is 5.49. The summed E-state index contributed by atoms with van der Waals surface area (Å²) >= 11 is 0. The predicted octanol–water partition coefficient (Wildman–Crippen LogP) is 0.400. The highest BCUT2D eigenvalue weighted by atomic mass is 35.5. The number of hydrogen-bond acceptors (Lipinski definition) is 5. The average Bonchev–Trinajstić information content (AvgIpc) is 2.55. The molecule has 0 radical (unpaired) electrons. The van der Waals surface area contributed by atoms with Crippen LogP contribution in [-0.4, -0.2) is 59.6 Å². The third-order valence-electron chi connectivity index (χ3n) is 3.96. The molecule has 0 bridgehead atoms. The van der Waals surface area contributed by atoms with Crippen LogP contribution < -0.4 is 10.0 Å². The normalized spacial score (nSPS) is 17.4. The first-order valence-electron chi connectivity index (χ1n) is 7.55. The Labute approximate surface area is 150 Å². The molecule has 24 heavy (non-hydrogen) atoms. The molecule has 2 N–H and O–H groups in total. The summed E-state index contributed by atoms with van der Waals surface area (Å²) in [7, 11) is -5.24. The van der Waals surface area contributed by atoms with E-state index in [1.165, 1.54) is 16.4 Å². The van der Waals surface area contributed by atoms with Crippen molar-refractivity contribution in [1.29, 1.82) is 0 Å². The minimum Gasteiger partial charge on any atom is -0.317 e. The topological polar surface area (TPSA) is 95.6 Å². The van der Waals surface area contributed by atoms with E-state index in [-0.39, 0.29) is 29.6 Å². The number of hydrogen-bond donors (Lipinski definition) is 2. The molecule has 1 aliphatic rings. The van der Waals surface area contributed by atoms with Gasteiger partial charge in [-0.15, -0.1) is 12.4 Å². The lowest BCUT2D eigenvalue weighted by molar-refractivity contribution is 0.298. The van der Waals surface area contributed by atoms with Gasteiger partial charge in [-0.1, -0.05) is 18.2 Å². The molecule has 7 nitrogen and oxygen atoms in total. The van der Waals surface area contributed by atoms with Crippen molar-refractivity contribution in [2.24, 2.45) is 0 Å². The van der Waals surface area contributed by atoms with Crippen molar-refractivity contribution in [1.82, 2.24) is 14.3 Å². The maximum atomic E-state index is 12.3. The Morgan fingerprint density at radius 2 is 1.67 bits per heavy atom. The summed E-state index contributed by atoms with van der Waals surface area (Å²) in [5.74, 6) is -0.233. The minimum atomic E-state index is -3.67. The van der Waals surface area contributed by atoms with E-state index in [4.69, 9.17) is 0 Å². The Kier molecular flexibility index (Phi) is 8.10. The lowest BCUT2D eigenvalue weighted by atomic mass is 10.1. The van der Waals surface area contributed by atoms with Crippen LogP contribution in [0.5, 0.6) is 0 Å². The molecular formula is C14H24ClN3O4S2. The fourth-order valence-electron chi connectivity index (χ4n) is 2.54. The zero-order valence-electron chi connectivity index (χ0n) is 13.5.